The fourth-order valence-electron chi connectivity index (χ4n) is 3.38. The van der Waals surface area contributed by atoms with Gasteiger partial charge in [-0.15, -0.1) is 0 Å². The summed E-state index contributed by atoms with van der Waals surface area (Å²) in [6.07, 6.45) is 6.46. The van der Waals surface area contributed by atoms with E-state index in [0.717, 1.165) is 23.6 Å². The van der Waals surface area contributed by atoms with E-state index in [1.807, 2.05) is 13.1 Å². The molecule has 3 N–H and O–H groups in total. The van der Waals surface area contributed by atoms with Gasteiger partial charge in [-0.2, -0.15) is 0 Å². The third kappa shape index (κ3) is 2.66. The standard InChI is InChI=1S/C16H23N3O/c1-19-10-13-9-12(6-7-15(13)18-16(19)20)14(17)8-11-4-2-3-5-11/h6-7,9,11,14H,2-5,8,10,17H2,1H3,(H,18,20). The molecule has 1 aromatic carbocycles. The van der Waals surface area contributed by atoms with Crippen molar-refractivity contribution in [3.05, 3.63) is 29.3 Å². The van der Waals surface area contributed by atoms with Crippen LogP contribution in [0.1, 0.15) is 49.3 Å². The van der Waals surface area contributed by atoms with E-state index in [-0.39, 0.29) is 12.1 Å². The summed E-state index contributed by atoms with van der Waals surface area (Å²) in [6.45, 7) is 0.658. The van der Waals surface area contributed by atoms with Crippen LogP contribution in [0, 0.1) is 5.92 Å². The Balaban J connectivity index is 1.74. The highest BCUT2D eigenvalue weighted by Crippen LogP contribution is 2.33. The smallest absolute Gasteiger partial charge is 0.321 e. The van der Waals surface area contributed by atoms with E-state index in [9.17, 15) is 4.79 Å². The molecule has 0 bridgehead atoms. The molecule has 1 unspecified atom stereocenters. The van der Waals surface area contributed by atoms with Crippen LogP contribution in [-0.2, 0) is 6.54 Å². The van der Waals surface area contributed by atoms with E-state index < -0.39 is 0 Å². The maximum atomic E-state index is 11.6. The van der Waals surface area contributed by atoms with E-state index in [4.69, 9.17) is 5.73 Å². The van der Waals surface area contributed by atoms with Gasteiger partial charge in [-0.1, -0.05) is 37.8 Å². The van der Waals surface area contributed by atoms with Gasteiger partial charge in [0.05, 0.1) is 0 Å². The molecule has 1 aromatic rings. The number of benzene rings is 1. The number of nitrogens with one attached hydrogen (secondary N) is 1. The van der Waals surface area contributed by atoms with Crippen LogP contribution in [0.15, 0.2) is 18.2 Å². The summed E-state index contributed by atoms with van der Waals surface area (Å²) in [5.41, 5.74) is 9.64. The summed E-state index contributed by atoms with van der Waals surface area (Å²) in [5, 5.41) is 2.90. The van der Waals surface area contributed by atoms with Crippen LogP contribution in [0.4, 0.5) is 10.5 Å². The van der Waals surface area contributed by atoms with E-state index in [0.29, 0.717) is 6.54 Å². The molecule has 4 nitrogen and oxygen atoms in total. The Labute approximate surface area is 120 Å². The monoisotopic (exact) mass is 273 g/mol. The van der Waals surface area contributed by atoms with Crippen LogP contribution in [0.25, 0.3) is 0 Å². The highest BCUT2D eigenvalue weighted by atomic mass is 16.2. The summed E-state index contributed by atoms with van der Waals surface area (Å²) in [4.78, 5) is 13.3. The molecule has 0 aromatic heterocycles. The molecule has 3 rings (SSSR count). The topological polar surface area (TPSA) is 58.4 Å². The molecule has 0 radical (unpaired) electrons. The van der Waals surface area contributed by atoms with Crippen molar-refractivity contribution in [3.63, 3.8) is 0 Å². The third-order valence-corrected chi connectivity index (χ3v) is 4.62. The average Bonchev–Trinajstić information content (AvgIpc) is 2.92. The van der Waals surface area contributed by atoms with Gasteiger partial charge in [0.2, 0.25) is 0 Å². The predicted molar refractivity (Wildman–Crippen MR) is 80.4 cm³/mol. The Bertz CT molecular complexity index is 508. The Morgan fingerprint density at radius 1 is 1.40 bits per heavy atom. The predicted octanol–water partition coefficient (Wildman–Crippen LogP) is 3.24. The first-order valence-corrected chi connectivity index (χ1v) is 7.54. The number of carbonyl (C=O) groups excluding carboxylic acids is 1. The molecular formula is C16H23N3O. The maximum absolute atomic E-state index is 11.6. The molecule has 1 heterocycles. The fourth-order valence-corrected chi connectivity index (χ4v) is 3.38. The van der Waals surface area contributed by atoms with E-state index in [1.54, 1.807) is 4.90 Å². The highest BCUT2D eigenvalue weighted by Gasteiger charge is 2.22. The fraction of sp³-hybridized carbons (Fsp3) is 0.562. The molecule has 1 saturated carbocycles. The summed E-state index contributed by atoms with van der Waals surface area (Å²) in [5.74, 6) is 0.795. The van der Waals surface area contributed by atoms with Gasteiger partial charge in [0, 0.05) is 25.3 Å². The van der Waals surface area contributed by atoms with Gasteiger partial charge in [-0.05, 0) is 29.5 Å². The van der Waals surface area contributed by atoms with Gasteiger partial charge < -0.3 is 16.0 Å². The van der Waals surface area contributed by atoms with Crippen LogP contribution >= 0.6 is 0 Å². The number of amides is 2. The molecule has 0 saturated heterocycles. The SMILES string of the molecule is CN1Cc2cc(C(N)CC3CCCC3)ccc2NC1=O. The van der Waals surface area contributed by atoms with Crippen molar-refractivity contribution in [2.24, 2.45) is 11.7 Å². The summed E-state index contributed by atoms with van der Waals surface area (Å²) in [7, 11) is 1.81. The van der Waals surface area contributed by atoms with E-state index in [1.165, 1.54) is 31.2 Å². The van der Waals surface area contributed by atoms with Gasteiger partial charge in [0.1, 0.15) is 0 Å². The van der Waals surface area contributed by atoms with Gasteiger partial charge >= 0.3 is 6.03 Å². The molecule has 1 atom stereocenters. The summed E-state index contributed by atoms with van der Waals surface area (Å²) < 4.78 is 0. The highest BCUT2D eigenvalue weighted by molar-refractivity contribution is 5.92. The van der Waals surface area contributed by atoms with Crippen LogP contribution in [0.5, 0.6) is 0 Å². The molecule has 1 aliphatic carbocycles. The zero-order valence-electron chi connectivity index (χ0n) is 12.1. The van der Waals surface area contributed by atoms with Crippen molar-refractivity contribution < 1.29 is 4.79 Å². The lowest BCUT2D eigenvalue weighted by molar-refractivity contribution is 0.218. The Morgan fingerprint density at radius 3 is 2.90 bits per heavy atom. The first-order chi connectivity index (χ1) is 9.63. The Hall–Kier alpha value is -1.55. The van der Waals surface area contributed by atoms with Crippen molar-refractivity contribution >= 4 is 11.7 Å². The number of hydrogen-bond acceptors (Lipinski definition) is 2. The van der Waals surface area contributed by atoms with E-state index >= 15 is 0 Å². The second-order valence-corrected chi connectivity index (χ2v) is 6.20. The lowest BCUT2D eigenvalue weighted by atomic mass is 9.93. The second kappa shape index (κ2) is 5.44. The minimum absolute atomic E-state index is 0.0412. The molecule has 2 amide bonds. The molecule has 1 aliphatic heterocycles. The van der Waals surface area contributed by atoms with Crippen LogP contribution in [-0.4, -0.2) is 18.0 Å². The van der Waals surface area contributed by atoms with Crippen molar-refractivity contribution in [1.29, 1.82) is 0 Å². The number of nitrogens with zero attached hydrogens (tertiary/aromatic N) is 1. The number of rotatable bonds is 3. The van der Waals surface area contributed by atoms with Crippen molar-refractivity contribution in [2.45, 2.75) is 44.7 Å². The van der Waals surface area contributed by atoms with Crippen molar-refractivity contribution in [2.75, 3.05) is 12.4 Å². The minimum atomic E-state index is -0.0412. The average molecular weight is 273 g/mol. The van der Waals surface area contributed by atoms with Crippen LogP contribution in [0.2, 0.25) is 0 Å². The number of anilines is 1. The Kier molecular flexibility index (Phi) is 3.66. The normalized spacial score (nSPS) is 20.7. The zero-order valence-corrected chi connectivity index (χ0v) is 12.1. The molecule has 0 spiro atoms. The quantitative estimate of drug-likeness (QED) is 0.888. The number of carbonyl (C=O) groups is 1. The lowest BCUT2D eigenvalue weighted by Crippen LogP contribution is -2.35. The first-order valence-electron chi connectivity index (χ1n) is 7.54. The largest absolute Gasteiger partial charge is 0.324 e. The number of hydrogen-bond donors (Lipinski definition) is 2. The summed E-state index contributed by atoms with van der Waals surface area (Å²) in [6, 6.07) is 6.28. The molecular weight excluding hydrogens is 250 g/mol. The van der Waals surface area contributed by atoms with Crippen molar-refractivity contribution in [3.8, 4) is 0 Å². The van der Waals surface area contributed by atoms with Gasteiger partial charge in [0.15, 0.2) is 0 Å². The lowest BCUT2D eigenvalue weighted by Gasteiger charge is -2.27. The number of fused-ring (bicyclic) bond motifs is 1. The van der Waals surface area contributed by atoms with Gasteiger partial charge in [0.25, 0.3) is 0 Å². The molecule has 108 valence electrons. The Morgan fingerprint density at radius 2 is 2.15 bits per heavy atom. The first kappa shape index (κ1) is 13.4. The number of urea groups is 1. The zero-order chi connectivity index (χ0) is 14.1. The number of nitrogens with two attached hydrogens (primary N) is 1. The molecule has 20 heavy (non-hydrogen) atoms. The van der Waals surface area contributed by atoms with Crippen LogP contribution in [0.3, 0.4) is 0 Å². The molecule has 1 fully saturated rings. The molecule has 4 heteroatoms. The second-order valence-electron chi connectivity index (χ2n) is 6.20. The third-order valence-electron chi connectivity index (χ3n) is 4.62. The summed E-state index contributed by atoms with van der Waals surface area (Å²) >= 11 is 0. The van der Waals surface area contributed by atoms with E-state index in [2.05, 4.69) is 17.4 Å². The maximum Gasteiger partial charge on any atom is 0.321 e. The minimum Gasteiger partial charge on any atom is -0.324 e. The molecule has 2 aliphatic rings. The van der Waals surface area contributed by atoms with Gasteiger partial charge in [-0.3, -0.25) is 0 Å². The van der Waals surface area contributed by atoms with Gasteiger partial charge in [-0.25, -0.2) is 4.79 Å². The van der Waals surface area contributed by atoms with Crippen LogP contribution < -0.4 is 11.1 Å². The van der Waals surface area contributed by atoms with Crippen molar-refractivity contribution in [1.82, 2.24) is 4.90 Å².